The second-order valence-corrected chi connectivity index (χ2v) is 7.01. The number of nitrogens with one attached hydrogen (secondary N) is 2. The Morgan fingerprint density at radius 2 is 1.58 bits per heavy atom. The van der Waals surface area contributed by atoms with Crippen molar-refractivity contribution in [2.75, 3.05) is 11.1 Å². The Bertz CT molecular complexity index is 645. The van der Waals surface area contributed by atoms with Crippen LogP contribution in [0.15, 0.2) is 42.5 Å². The van der Waals surface area contributed by atoms with E-state index >= 15 is 0 Å². The van der Waals surface area contributed by atoms with Crippen LogP contribution in [-0.4, -0.2) is 12.1 Å². The highest BCUT2D eigenvalue weighted by Gasteiger charge is 2.16. The van der Waals surface area contributed by atoms with Crippen LogP contribution in [0.3, 0.4) is 0 Å². The van der Waals surface area contributed by atoms with E-state index in [0.717, 1.165) is 17.8 Å². The normalized spacial score (nSPS) is 12.6. The van der Waals surface area contributed by atoms with Crippen molar-refractivity contribution >= 4 is 11.4 Å². The van der Waals surface area contributed by atoms with Gasteiger partial charge in [0.2, 0.25) is 0 Å². The van der Waals surface area contributed by atoms with Crippen LogP contribution in [0, 0.1) is 0 Å². The number of anilines is 2. The summed E-state index contributed by atoms with van der Waals surface area (Å²) in [5.74, 6) is 0. The Labute approximate surface area is 146 Å². The van der Waals surface area contributed by atoms with Crippen LogP contribution in [0.5, 0.6) is 0 Å². The zero-order chi connectivity index (χ0) is 17.7. The van der Waals surface area contributed by atoms with Gasteiger partial charge in [-0.1, -0.05) is 39.0 Å². The summed E-state index contributed by atoms with van der Waals surface area (Å²) in [5, 5.41) is 7.19. The number of rotatable bonds is 7. The molecule has 130 valence electrons. The van der Waals surface area contributed by atoms with Gasteiger partial charge in [-0.05, 0) is 61.2 Å². The van der Waals surface area contributed by atoms with Gasteiger partial charge in [-0.3, -0.25) is 0 Å². The van der Waals surface area contributed by atoms with Gasteiger partial charge in [-0.2, -0.15) is 0 Å². The molecule has 0 aliphatic rings. The molecule has 0 aliphatic carbocycles. The minimum Gasteiger partial charge on any atom is -0.399 e. The van der Waals surface area contributed by atoms with E-state index in [1.54, 1.807) is 0 Å². The fourth-order valence-electron chi connectivity index (χ4n) is 3.03. The average molecular weight is 326 g/mol. The maximum Gasteiger partial charge on any atom is 0.0348 e. The molecular weight excluding hydrogens is 294 g/mol. The van der Waals surface area contributed by atoms with E-state index in [-0.39, 0.29) is 0 Å². The zero-order valence-electron chi connectivity index (χ0n) is 15.6. The van der Waals surface area contributed by atoms with Crippen molar-refractivity contribution in [2.24, 2.45) is 0 Å². The second kappa shape index (κ2) is 8.20. The van der Waals surface area contributed by atoms with Crippen LogP contribution in [-0.2, 0) is 0 Å². The lowest BCUT2D eigenvalue weighted by molar-refractivity contribution is 0.467. The van der Waals surface area contributed by atoms with Gasteiger partial charge in [-0.15, -0.1) is 0 Å². The molecule has 0 fully saturated rings. The molecule has 1 atom stereocenters. The van der Waals surface area contributed by atoms with Crippen molar-refractivity contribution in [3.05, 3.63) is 48.0 Å². The predicted octanol–water partition coefficient (Wildman–Crippen LogP) is 5.21. The van der Waals surface area contributed by atoms with Gasteiger partial charge < -0.3 is 16.4 Å². The molecule has 24 heavy (non-hydrogen) atoms. The molecular formula is C21H31N3. The standard InChI is InChI=1S/C21H31N3/c1-6-21(24-15(4)5)19-12-11-18(23-14(2)3)13-20(19)16-7-9-17(22)10-8-16/h7-15,21,23-24H,6,22H2,1-5H3. The first-order valence-corrected chi connectivity index (χ1v) is 8.93. The third-order valence-electron chi connectivity index (χ3n) is 4.05. The third-order valence-corrected chi connectivity index (χ3v) is 4.05. The molecule has 0 radical (unpaired) electrons. The van der Waals surface area contributed by atoms with Gasteiger partial charge in [0, 0.05) is 29.5 Å². The average Bonchev–Trinajstić information content (AvgIpc) is 2.53. The van der Waals surface area contributed by atoms with Crippen LogP contribution in [0.1, 0.15) is 52.6 Å². The molecule has 0 bridgehead atoms. The van der Waals surface area contributed by atoms with Crippen LogP contribution in [0.2, 0.25) is 0 Å². The van der Waals surface area contributed by atoms with Crippen molar-refractivity contribution in [1.29, 1.82) is 0 Å². The minimum atomic E-state index is 0.339. The molecule has 2 rings (SSSR count). The highest BCUT2D eigenvalue weighted by Crippen LogP contribution is 2.33. The van der Waals surface area contributed by atoms with E-state index < -0.39 is 0 Å². The van der Waals surface area contributed by atoms with Gasteiger partial charge in [0.25, 0.3) is 0 Å². The fraction of sp³-hybridized carbons (Fsp3) is 0.429. The molecule has 0 saturated carbocycles. The summed E-state index contributed by atoms with van der Waals surface area (Å²) in [5.41, 5.74) is 11.6. The van der Waals surface area contributed by atoms with Crippen molar-refractivity contribution < 1.29 is 0 Å². The Hall–Kier alpha value is -2.00. The molecule has 3 heteroatoms. The van der Waals surface area contributed by atoms with Gasteiger partial charge in [0.15, 0.2) is 0 Å². The zero-order valence-corrected chi connectivity index (χ0v) is 15.6. The molecule has 0 saturated heterocycles. The largest absolute Gasteiger partial charge is 0.399 e. The van der Waals surface area contributed by atoms with E-state index in [9.17, 15) is 0 Å². The van der Waals surface area contributed by atoms with E-state index in [1.807, 2.05) is 12.1 Å². The molecule has 1 unspecified atom stereocenters. The van der Waals surface area contributed by atoms with Crippen molar-refractivity contribution in [1.82, 2.24) is 5.32 Å². The Morgan fingerprint density at radius 3 is 2.12 bits per heavy atom. The SMILES string of the molecule is CCC(NC(C)C)c1ccc(NC(C)C)cc1-c1ccc(N)cc1. The number of nitrogen functional groups attached to an aromatic ring is 1. The summed E-state index contributed by atoms with van der Waals surface area (Å²) in [6, 6.07) is 16.0. The Balaban J connectivity index is 2.50. The lowest BCUT2D eigenvalue weighted by atomic mass is 9.92. The number of benzene rings is 2. The maximum absolute atomic E-state index is 5.87. The summed E-state index contributed by atoms with van der Waals surface area (Å²) in [6.45, 7) is 10.9. The lowest BCUT2D eigenvalue weighted by Crippen LogP contribution is -2.28. The molecule has 0 spiro atoms. The molecule has 2 aromatic carbocycles. The topological polar surface area (TPSA) is 50.1 Å². The van der Waals surface area contributed by atoms with Gasteiger partial charge in [0.1, 0.15) is 0 Å². The first-order chi connectivity index (χ1) is 11.4. The third kappa shape index (κ3) is 4.75. The molecule has 0 heterocycles. The van der Waals surface area contributed by atoms with E-state index in [1.165, 1.54) is 16.7 Å². The predicted molar refractivity (Wildman–Crippen MR) is 106 cm³/mol. The summed E-state index contributed by atoms with van der Waals surface area (Å²) in [6.07, 6.45) is 1.05. The smallest absolute Gasteiger partial charge is 0.0348 e. The van der Waals surface area contributed by atoms with Crippen molar-refractivity contribution in [2.45, 2.75) is 59.2 Å². The highest BCUT2D eigenvalue weighted by molar-refractivity contribution is 5.73. The van der Waals surface area contributed by atoms with Crippen LogP contribution < -0.4 is 16.4 Å². The Morgan fingerprint density at radius 1 is 0.917 bits per heavy atom. The van der Waals surface area contributed by atoms with E-state index in [4.69, 9.17) is 5.73 Å². The number of hydrogen-bond donors (Lipinski definition) is 3. The first-order valence-electron chi connectivity index (χ1n) is 8.93. The highest BCUT2D eigenvalue weighted by atomic mass is 14.9. The fourth-order valence-corrected chi connectivity index (χ4v) is 3.03. The molecule has 2 aromatic rings. The van der Waals surface area contributed by atoms with Crippen molar-refractivity contribution in [3.63, 3.8) is 0 Å². The summed E-state index contributed by atoms with van der Waals surface area (Å²) in [7, 11) is 0. The van der Waals surface area contributed by atoms with E-state index in [2.05, 4.69) is 75.6 Å². The van der Waals surface area contributed by atoms with Crippen molar-refractivity contribution in [3.8, 4) is 11.1 Å². The van der Waals surface area contributed by atoms with E-state index in [0.29, 0.717) is 18.1 Å². The molecule has 3 nitrogen and oxygen atoms in total. The lowest BCUT2D eigenvalue weighted by Gasteiger charge is -2.24. The van der Waals surface area contributed by atoms with Crippen LogP contribution in [0.25, 0.3) is 11.1 Å². The summed E-state index contributed by atoms with van der Waals surface area (Å²) < 4.78 is 0. The van der Waals surface area contributed by atoms with Gasteiger partial charge in [0.05, 0.1) is 0 Å². The minimum absolute atomic E-state index is 0.339. The Kier molecular flexibility index (Phi) is 6.27. The van der Waals surface area contributed by atoms with Crippen LogP contribution >= 0.6 is 0 Å². The molecule has 0 aromatic heterocycles. The second-order valence-electron chi connectivity index (χ2n) is 7.01. The molecule has 0 amide bonds. The number of nitrogens with two attached hydrogens (primary N) is 1. The maximum atomic E-state index is 5.87. The monoisotopic (exact) mass is 325 g/mol. The van der Waals surface area contributed by atoms with Crippen LogP contribution in [0.4, 0.5) is 11.4 Å². The molecule has 4 N–H and O–H groups in total. The van der Waals surface area contributed by atoms with Gasteiger partial charge >= 0.3 is 0 Å². The summed E-state index contributed by atoms with van der Waals surface area (Å²) in [4.78, 5) is 0. The number of hydrogen-bond acceptors (Lipinski definition) is 3. The molecule has 0 aliphatic heterocycles. The first kappa shape index (κ1) is 18.3. The van der Waals surface area contributed by atoms with Gasteiger partial charge in [-0.25, -0.2) is 0 Å². The quantitative estimate of drug-likeness (QED) is 0.613. The summed E-state index contributed by atoms with van der Waals surface area (Å²) >= 11 is 0.